The quantitative estimate of drug-likeness (QED) is 0.824. The van der Waals surface area contributed by atoms with Crippen molar-refractivity contribution in [3.8, 4) is 0 Å². The van der Waals surface area contributed by atoms with Gasteiger partial charge in [-0.1, -0.05) is 38.0 Å². The molecular weight excluding hydrogens is 186 g/mol. The summed E-state index contributed by atoms with van der Waals surface area (Å²) in [6, 6.07) is 8.15. The van der Waals surface area contributed by atoms with Gasteiger partial charge in [-0.2, -0.15) is 0 Å². The average Bonchev–Trinajstić information content (AvgIpc) is 2.69. The lowest BCUT2D eigenvalue weighted by Crippen LogP contribution is -2.09. The molecule has 0 unspecified atom stereocenters. The number of rotatable bonds is 4. The summed E-state index contributed by atoms with van der Waals surface area (Å²) in [5.74, 6) is 0. The molecule has 0 amide bonds. The first-order valence-corrected chi connectivity index (χ1v) is 5.54. The van der Waals surface area contributed by atoms with E-state index in [1.807, 2.05) is 18.2 Å². The molecule has 1 aromatic carbocycles. The van der Waals surface area contributed by atoms with Crippen molar-refractivity contribution in [2.45, 2.75) is 32.2 Å². The number of unbranched alkanes of at least 4 members (excludes halogenated alkanes) is 1. The minimum atomic E-state index is 0.105. The minimum Gasteiger partial charge on any atom is -0.464 e. The average molecular weight is 203 g/mol. The van der Waals surface area contributed by atoms with Crippen molar-refractivity contribution in [2.75, 3.05) is 0 Å². The Morgan fingerprint density at radius 2 is 2.13 bits per heavy atom. The molecule has 1 heterocycles. The van der Waals surface area contributed by atoms with Gasteiger partial charge in [-0.15, -0.1) is 0 Å². The van der Waals surface area contributed by atoms with Crippen LogP contribution in [0.5, 0.6) is 0 Å². The molecule has 1 aromatic heterocycles. The molecule has 2 N–H and O–H groups in total. The van der Waals surface area contributed by atoms with Gasteiger partial charge in [-0.05, 0) is 12.5 Å². The number of benzene rings is 1. The molecule has 2 rings (SSSR count). The summed E-state index contributed by atoms with van der Waals surface area (Å²) in [6.07, 6.45) is 5.18. The molecule has 2 aromatic rings. The minimum absolute atomic E-state index is 0.105. The maximum absolute atomic E-state index is 6.13. The summed E-state index contributed by atoms with van der Waals surface area (Å²) in [5, 5.41) is 1.15. The third-order valence-electron chi connectivity index (χ3n) is 2.78. The Labute approximate surface area is 90.1 Å². The van der Waals surface area contributed by atoms with Crippen LogP contribution in [0.1, 0.15) is 37.8 Å². The Bertz CT molecular complexity index is 433. The monoisotopic (exact) mass is 203 g/mol. The van der Waals surface area contributed by atoms with Crippen molar-refractivity contribution >= 4 is 11.0 Å². The van der Waals surface area contributed by atoms with Gasteiger partial charge in [0.2, 0.25) is 0 Å². The van der Waals surface area contributed by atoms with Crippen LogP contribution in [0, 0.1) is 0 Å². The molecule has 0 saturated heterocycles. The first-order valence-electron chi connectivity index (χ1n) is 5.54. The fourth-order valence-corrected chi connectivity index (χ4v) is 1.87. The van der Waals surface area contributed by atoms with E-state index in [9.17, 15) is 0 Å². The van der Waals surface area contributed by atoms with Crippen LogP contribution in [-0.2, 0) is 0 Å². The zero-order valence-electron chi connectivity index (χ0n) is 9.07. The van der Waals surface area contributed by atoms with Crippen LogP contribution in [-0.4, -0.2) is 0 Å². The van der Waals surface area contributed by atoms with E-state index in [2.05, 4.69) is 13.0 Å². The van der Waals surface area contributed by atoms with E-state index in [1.54, 1.807) is 6.26 Å². The smallest absolute Gasteiger partial charge is 0.134 e. The lowest BCUT2D eigenvalue weighted by molar-refractivity contribution is 0.574. The highest BCUT2D eigenvalue weighted by atomic mass is 16.3. The lowest BCUT2D eigenvalue weighted by Gasteiger charge is -2.08. The van der Waals surface area contributed by atoms with Crippen LogP contribution in [0.25, 0.3) is 11.0 Å². The van der Waals surface area contributed by atoms with E-state index in [1.165, 1.54) is 12.8 Å². The van der Waals surface area contributed by atoms with E-state index >= 15 is 0 Å². The molecule has 0 bridgehead atoms. The third kappa shape index (κ3) is 2.05. The topological polar surface area (TPSA) is 39.2 Å². The van der Waals surface area contributed by atoms with E-state index in [-0.39, 0.29) is 6.04 Å². The van der Waals surface area contributed by atoms with Crippen molar-refractivity contribution in [1.82, 2.24) is 0 Å². The molecule has 0 fully saturated rings. The molecular formula is C13H17NO. The second-order valence-corrected chi connectivity index (χ2v) is 3.94. The zero-order chi connectivity index (χ0) is 10.7. The van der Waals surface area contributed by atoms with E-state index in [0.717, 1.165) is 23.0 Å². The number of hydrogen-bond donors (Lipinski definition) is 1. The van der Waals surface area contributed by atoms with E-state index in [0.29, 0.717) is 0 Å². The number of para-hydroxylation sites is 1. The van der Waals surface area contributed by atoms with Gasteiger partial charge in [-0.3, -0.25) is 0 Å². The molecule has 0 spiro atoms. The third-order valence-corrected chi connectivity index (χ3v) is 2.78. The highest BCUT2D eigenvalue weighted by molar-refractivity contribution is 5.81. The van der Waals surface area contributed by atoms with Crippen LogP contribution >= 0.6 is 0 Å². The molecule has 0 saturated carbocycles. The molecule has 0 aliphatic heterocycles. The maximum Gasteiger partial charge on any atom is 0.134 e. The number of furan rings is 1. The van der Waals surface area contributed by atoms with Crippen molar-refractivity contribution in [2.24, 2.45) is 5.73 Å². The summed E-state index contributed by atoms with van der Waals surface area (Å²) in [6.45, 7) is 2.18. The highest BCUT2D eigenvalue weighted by Gasteiger charge is 2.11. The summed E-state index contributed by atoms with van der Waals surface area (Å²) in [5.41, 5.74) is 8.20. The Hall–Kier alpha value is -1.28. The number of fused-ring (bicyclic) bond motifs is 1. The standard InChI is InChI=1S/C13H17NO/c1-2-3-7-12(14)11-9-15-13-8-5-4-6-10(11)13/h4-6,8-9,12H,2-3,7,14H2,1H3/t12-/m0/s1. The Morgan fingerprint density at radius 1 is 1.33 bits per heavy atom. The van der Waals surface area contributed by atoms with Gasteiger partial charge < -0.3 is 10.2 Å². The largest absolute Gasteiger partial charge is 0.464 e. The first-order chi connectivity index (χ1) is 7.33. The van der Waals surface area contributed by atoms with Crippen molar-refractivity contribution < 1.29 is 4.42 Å². The predicted molar refractivity (Wildman–Crippen MR) is 62.7 cm³/mol. The van der Waals surface area contributed by atoms with Gasteiger partial charge in [-0.25, -0.2) is 0 Å². The fraction of sp³-hybridized carbons (Fsp3) is 0.385. The van der Waals surface area contributed by atoms with Crippen molar-refractivity contribution in [1.29, 1.82) is 0 Å². The second-order valence-electron chi connectivity index (χ2n) is 3.94. The summed E-state index contributed by atoms with van der Waals surface area (Å²) < 4.78 is 5.47. The summed E-state index contributed by atoms with van der Waals surface area (Å²) in [7, 11) is 0. The van der Waals surface area contributed by atoms with Crippen molar-refractivity contribution in [3.05, 3.63) is 36.1 Å². The van der Waals surface area contributed by atoms with Gasteiger partial charge in [0, 0.05) is 17.0 Å². The summed E-state index contributed by atoms with van der Waals surface area (Å²) in [4.78, 5) is 0. The van der Waals surface area contributed by atoms with Crippen LogP contribution in [0.4, 0.5) is 0 Å². The van der Waals surface area contributed by atoms with Gasteiger partial charge in [0.25, 0.3) is 0 Å². The van der Waals surface area contributed by atoms with E-state index in [4.69, 9.17) is 10.2 Å². The molecule has 15 heavy (non-hydrogen) atoms. The van der Waals surface area contributed by atoms with Gasteiger partial charge in [0.15, 0.2) is 0 Å². The molecule has 0 aliphatic carbocycles. The highest BCUT2D eigenvalue weighted by Crippen LogP contribution is 2.27. The normalized spacial score (nSPS) is 13.2. The number of nitrogens with two attached hydrogens (primary N) is 1. The predicted octanol–water partition coefficient (Wildman–Crippen LogP) is 3.62. The van der Waals surface area contributed by atoms with Gasteiger partial charge >= 0.3 is 0 Å². The van der Waals surface area contributed by atoms with Crippen molar-refractivity contribution in [3.63, 3.8) is 0 Å². The number of hydrogen-bond acceptors (Lipinski definition) is 2. The lowest BCUT2D eigenvalue weighted by atomic mass is 10.0. The zero-order valence-corrected chi connectivity index (χ0v) is 9.07. The van der Waals surface area contributed by atoms with Crippen LogP contribution in [0.3, 0.4) is 0 Å². The Morgan fingerprint density at radius 3 is 2.93 bits per heavy atom. The molecule has 2 nitrogen and oxygen atoms in total. The van der Waals surface area contributed by atoms with Crippen LogP contribution in [0.2, 0.25) is 0 Å². The van der Waals surface area contributed by atoms with Crippen LogP contribution < -0.4 is 5.73 Å². The SMILES string of the molecule is CCCC[C@H](N)c1coc2ccccc12. The Kier molecular flexibility index (Phi) is 3.07. The molecule has 0 radical (unpaired) electrons. The molecule has 1 atom stereocenters. The van der Waals surface area contributed by atoms with E-state index < -0.39 is 0 Å². The first kappa shape index (κ1) is 10.2. The van der Waals surface area contributed by atoms with Gasteiger partial charge in [0.05, 0.1) is 6.26 Å². The summed E-state index contributed by atoms with van der Waals surface area (Å²) >= 11 is 0. The molecule has 0 aliphatic rings. The molecule has 80 valence electrons. The van der Waals surface area contributed by atoms with Crippen LogP contribution in [0.15, 0.2) is 34.9 Å². The maximum atomic E-state index is 6.13. The fourth-order valence-electron chi connectivity index (χ4n) is 1.87. The molecule has 2 heteroatoms. The Balaban J connectivity index is 2.27. The second kappa shape index (κ2) is 4.49. The van der Waals surface area contributed by atoms with Gasteiger partial charge in [0.1, 0.15) is 5.58 Å².